The molecule has 1 aromatic rings. The van der Waals surface area contributed by atoms with E-state index in [0.29, 0.717) is 18.7 Å². The van der Waals surface area contributed by atoms with Crippen LogP contribution < -0.4 is 10.6 Å². The predicted octanol–water partition coefficient (Wildman–Crippen LogP) is 0.810. The van der Waals surface area contributed by atoms with Crippen molar-refractivity contribution in [2.24, 2.45) is 5.41 Å². The normalized spacial score (nSPS) is 25.6. The number of sulfonamides is 1. The number of benzene rings is 1. The van der Waals surface area contributed by atoms with Crippen LogP contribution in [0.3, 0.4) is 0 Å². The molecule has 2 aliphatic rings. The maximum atomic E-state index is 12.9. The zero-order chi connectivity index (χ0) is 16.5. The van der Waals surface area contributed by atoms with Crippen LogP contribution in [-0.2, 0) is 10.0 Å². The Kier molecular flexibility index (Phi) is 4.44. The van der Waals surface area contributed by atoms with E-state index in [2.05, 4.69) is 10.6 Å². The molecule has 3 rings (SSSR count). The summed E-state index contributed by atoms with van der Waals surface area (Å²) >= 11 is 0. The van der Waals surface area contributed by atoms with Crippen LogP contribution in [0.5, 0.6) is 0 Å². The molecule has 1 spiro atoms. The van der Waals surface area contributed by atoms with Gasteiger partial charge in [0.25, 0.3) is 5.91 Å². The molecule has 7 heteroatoms. The first-order valence-electron chi connectivity index (χ1n) is 8.00. The van der Waals surface area contributed by atoms with Gasteiger partial charge in [-0.2, -0.15) is 4.31 Å². The highest BCUT2D eigenvalue weighted by Crippen LogP contribution is 2.38. The Morgan fingerprint density at radius 2 is 2.17 bits per heavy atom. The number of amides is 1. The molecule has 0 aliphatic carbocycles. The van der Waals surface area contributed by atoms with Gasteiger partial charge < -0.3 is 10.6 Å². The summed E-state index contributed by atoms with van der Waals surface area (Å²) in [6.07, 6.45) is 3.07. The van der Waals surface area contributed by atoms with Crippen molar-refractivity contribution in [3.05, 3.63) is 29.8 Å². The third-order valence-corrected chi connectivity index (χ3v) is 6.77. The van der Waals surface area contributed by atoms with E-state index in [-0.39, 0.29) is 16.2 Å². The topological polar surface area (TPSA) is 78.5 Å². The fraction of sp³-hybridized carbons (Fsp3) is 0.562. The molecule has 0 unspecified atom stereocenters. The zero-order valence-corrected chi connectivity index (χ0v) is 14.2. The van der Waals surface area contributed by atoms with E-state index < -0.39 is 10.0 Å². The molecule has 23 heavy (non-hydrogen) atoms. The van der Waals surface area contributed by atoms with E-state index in [1.807, 2.05) is 0 Å². The molecule has 126 valence electrons. The van der Waals surface area contributed by atoms with Gasteiger partial charge in [0.05, 0.1) is 4.90 Å². The number of nitrogens with zero attached hydrogens (tertiary/aromatic N) is 1. The van der Waals surface area contributed by atoms with Crippen LogP contribution in [0.2, 0.25) is 0 Å². The van der Waals surface area contributed by atoms with E-state index in [4.69, 9.17) is 0 Å². The van der Waals surface area contributed by atoms with Crippen LogP contribution in [0.15, 0.2) is 29.2 Å². The van der Waals surface area contributed by atoms with Gasteiger partial charge in [-0.25, -0.2) is 8.42 Å². The Balaban J connectivity index is 1.83. The number of piperidine rings is 1. The number of hydrogen-bond acceptors (Lipinski definition) is 4. The van der Waals surface area contributed by atoms with Crippen LogP contribution in [0, 0.1) is 5.41 Å². The molecule has 0 radical (unpaired) electrons. The molecule has 2 saturated heterocycles. The summed E-state index contributed by atoms with van der Waals surface area (Å²) in [5, 5.41) is 5.91. The van der Waals surface area contributed by atoms with Crippen molar-refractivity contribution in [2.75, 3.05) is 33.2 Å². The van der Waals surface area contributed by atoms with Crippen LogP contribution in [0.4, 0.5) is 0 Å². The van der Waals surface area contributed by atoms with Gasteiger partial charge in [-0.3, -0.25) is 4.79 Å². The fourth-order valence-corrected chi connectivity index (χ4v) is 5.17. The second-order valence-corrected chi connectivity index (χ2v) is 8.41. The van der Waals surface area contributed by atoms with Gasteiger partial charge in [-0.05, 0) is 49.4 Å². The highest BCUT2D eigenvalue weighted by atomic mass is 32.2. The molecule has 6 nitrogen and oxygen atoms in total. The summed E-state index contributed by atoms with van der Waals surface area (Å²) in [5.41, 5.74) is 0.436. The monoisotopic (exact) mass is 337 g/mol. The molecule has 2 aliphatic heterocycles. The molecule has 0 bridgehead atoms. The van der Waals surface area contributed by atoms with Crippen LogP contribution in [0.25, 0.3) is 0 Å². The fourth-order valence-electron chi connectivity index (χ4n) is 3.57. The van der Waals surface area contributed by atoms with Crippen molar-refractivity contribution in [3.8, 4) is 0 Å². The van der Waals surface area contributed by atoms with Crippen LogP contribution in [-0.4, -0.2) is 51.9 Å². The SMILES string of the molecule is CNC(=O)c1cccc(S(=O)(=O)N2CC[C@@]3(CCCNC3)C2)c1. The molecule has 2 heterocycles. The zero-order valence-electron chi connectivity index (χ0n) is 13.3. The van der Waals surface area contributed by atoms with Crippen LogP contribution in [0.1, 0.15) is 29.6 Å². The molecule has 0 aromatic heterocycles. The third kappa shape index (κ3) is 3.13. The molecule has 1 amide bonds. The molecule has 0 saturated carbocycles. The lowest BCUT2D eigenvalue weighted by molar-refractivity contribution is 0.0963. The Morgan fingerprint density at radius 1 is 1.35 bits per heavy atom. The third-order valence-electron chi connectivity index (χ3n) is 4.93. The Bertz CT molecular complexity index is 696. The number of nitrogens with one attached hydrogen (secondary N) is 2. The lowest BCUT2D eigenvalue weighted by atomic mass is 9.80. The highest BCUT2D eigenvalue weighted by molar-refractivity contribution is 7.89. The van der Waals surface area contributed by atoms with E-state index in [9.17, 15) is 13.2 Å². The summed E-state index contributed by atoms with van der Waals surface area (Å²) in [6.45, 7) is 3.01. The average molecular weight is 337 g/mol. The quantitative estimate of drug-likeness (QED) is 0.856. The first-order chi connectivity index (χ1) is 11.0. The molecule has 1 atom stereocenters. The second-order valence-electron chi connectivity index (χ2n) is 6.48. The Hall–Kier alpha value is -1.44. The standard InChI is InChI=1S/C16H23N3O3S/c1-17-15(20)13-4-2-5-14(10-13)23(21,22)19-9-7-16(12-19)6-3-8-18-11-16/h2,4-5,10,18H,3,6-9,11-12H2,1H3,(H,17,20)/t16-/m1/s1. The minimum absolute atomic E-state index is 0.0731. The maximum absolute atomic E-state index is 12.9. The smallest absolute Gasteiger partial charge is 0.251 e. The second kappa shape index (κ2) is 6.22. The number of carbonyl (C=O) groups is 1. The largest absolute Gasteiger partial charge is 0.355 e. The van der Waals surface area contributed by atoms with Crippen molar-refractivity contribution in [1.29, 1.82) is 0 Å². The van der Waals surface area contributed by atoms with Gasteiger partial charge in [0, 0.05) is 32.2 Å². The molecular weight excluding hydrogens is 314 g/mol. The number of carbonyl (C=O) groups excluding carboxylic acids is 1. The summed E-state index contributed by atoms with van der Waals surface area (Å²) in [5.74, 6) is -0.281. The maximum Gasteiger partial charge on any atom is 0.251 e. The molecular formula is C16H23N3O3S. The van der Waals surface area contributed by atoms with Gasteiger partial charge in [-0.15, -0.1) is 0 Å². The van der Waals surface area contributed by atoms with E-state index >= 15 is 0 Å². The van der Waals surface area contributed by atoms with Gasteiger partial charge in [0.15, 0.2) is 0 Å². The van der Waals surface area contributed by atoms with E-state index in [1.165, 1.54) is 13.1 Å². The molecule has 2 fully saturated rings. The predicted molar refractivity (Wildman–Crippen MR) is 87.7 cm³/mol. The van der Waals surface area contributed by atoms with Gasteiger partial charge >= 0.3 is 0 Å². The van der Waals surface area contributed by atoms with E-state index in [1.54, 1.807) is 22.5 Å². The van der Waals surface area contributed by atoms with E-state index in [0.717, 1.165) is 32.4 Å². The van der Waals surface area contributed by atoms with Gasteiger partial charge in [0.2, 0.25) is 10.0 Å². The lowest BCUT2D eigenvalue weighted by Gasteiger charge is -2.33. The Labute approximate surface area is 137 Å². The molecule has 2 N–H and O–H groups in total. The number of hydrogen-bond donors (Lipinski definition) is 2. The highest BCUT2D eigenvalue weighted by Gasteiger charge is 2.43. The Morgan fingerprint density at radius 3 is 2.87 bits per heavy atom. The van der Waals surface area contributed by atoms with Crippen molar-refractivity contribution in [3.63, 3.8) is 0 Å². The van der Waals surface area contributed by atoms with Crippen molar-refractivity contribution < 1.29 is 13.2 Å². The van der Waals surface area contributed by atoms with Crippen LogP contribution >= 0.6 is 0 Å². The molecule has 1 aromatic carbocycles. The van der Waals surface area contributed by atoms with Gasteiger partial charge in [0.1, 0.15) is 0 Å². The van der Waals surface area contributed by atoms with Crippen molar-refractivity contribution in [1.82, 2.24) is 14.9 Å². The number of rotatable bonds is 3. The summed E-state index contributed by atoms with van der Waals surface area (Å²) < 4.78 is 27.4. The van der Waals surface area contributed by atoms with Crippen molar-refractivity contribution >= 4 is 15.9 Å². The first kappa shape index (κ1) is 16.4. The average Bonchev–Trinajstić information content (AvgIpc) is 2.99. The minimum Gasteiger partial charge on any atom is -0.355 e. The first-order valence-corrected chi connectivity index (χ1v) is 9.44. The minimum atomic E-state index is -3.55. The van der Waals surface area contributed by atoms with Crippen molar-refractivity contribution in [2.45, 2.75) is 24.2 Å². The lowest BCUT2D eigenvalue weighted by Crippen LogP contribution is -2.42. The van der Waals surface area contributed by atoms with Gasteiger partial charge in [-0.1, -0.05) is 6.07 Å². The summed E-state index contributed by atoms with van der Waals surface area (Å²) in [7, 11) is -2.02. The summed E-state index contributed by atoms with van der Waals surface area (Å²) in [6, 6.07) is 6.25. The summed E-state index contributed by atoms with van der Waals surface area (Å²) in [4.78, 5) is 11.9.